The molecule has 1 atom stereocenters. The Hall–Kier alpha value is -1.26. The molecule has 0 bridgehead atoms. The second-order valence-corrected chi connectivity index (χ2v) is 5.58. The lowest BCUT2D eigenvalue weighted by atomic mass is 9.95. The zero-order chi connectivity index (χ0) is 16.1. The fourth-order valence-electron chi connectivity index (χ4n) is 2.24. The lowest BCUT2D eigenvalue weighted by Gasteiger charge is -2.20. The van der Waals surface area contributed by atoms with Crippen LogP contribution in [0.2, 0.25) is 0 Å². The number of amides is 2. The van der Waals surface area contributed by atoms with Gasteiger partial charge in [-0.1, -0.05) is 59.3 Å². The van der Waals surface area contributed by atoms with Crippen molar-refractivity contribution >= 4 is 12.0 Å². The number of hydroxylamine groups is 2. The third kappa shape index (κ3) is 10.2. The SMILES string of the molecule is CCCCCC(CC)CC(=O)ON(CCCCC)C(N)=O. The van der Waals surface area contributed by atoms with E-state index in [9.17, 15) is 9.59 Å². The summed E-state index contributed by atoms with van der Waals surface area (Å²) in [7, 11) is 0. The maximum absolute atomic E-state index is 11.9. The summed E-state index contributed by atoms with van der Waals surface area (Å²) < 4.78 is 0. The fourth-order valence-corrected chi connectivity index (χ4v) is 2.24. The van der Waals surface area contributed by atoms with Gasteiger partial charge in [0.25, 0.3) is 0 Å². The standard InChI is InChI=1S/C16H32N2O3/c1-4-7-9-11-14(6-3)13-15(19)21-18(16(17)20)12-10-8-5-2/h14H,4-13H2,1-3H3,(H2,17,20). The van der Waals surface area contributed by atoms with Gasteiger partial charge >= 0.3 is 12.0 Å². The minimum Gasteiger partial charge on any atom is -0.349 e. The number of rotatable bonds is 11. The Labute approximate surface area is 129 Å². The van der Waals surface area contributed by atoms with Crippen molar-refractivity contribution in [2.45, 2.75) is 78.6 Å². The van der Waals surface area contributed by atoms with Crippen LogP contribution in [0.4, 0.5) is 4.79 Å². The molecule has 0 saturated carbocycles. The summed E-state index contributed by atoms with van der Waals surface area (Å²) in [5, 5.41) is 0.997. The third-order valence-corrected chi connectivity index (χ3v) is 3.67. The van der Waals surface area contributed by atoms with E-state index in [0.29, 0.717) is 18.9 Å². The Kier molecular flexibility index (Phi) is 11.7. The van der Waals surface area contributed by atoms with Crippen LogP contribution in [0.3, 0.4) is 0 Å². The number of carbonyl (C=O) groups is 2. The lowest BCUT2D eigenvalue weighted by Crippen LogP contribution is -2.38. The zero-order valence-corrected chi connectivity index (χ0v) is 13.9. The van der Waals surface area contributed by atoms with Crippen LogP contribution >= 0.6 is 0 Å². The molecule has 0 aliphatic rings. The number of primary amides is 1. The van der Waals surface area contributed by atoms with Gasteiger partial charge in [-0.15, -0.1) is 0 Å². The van der Waals surface area contributed by atoms with E-state index in [0.717, 1.165) is 43.6 Å². The van der Waals surface area contributed by atoms with Crippen LogP contribution in [-0.4, -0.2) is 23.6 Å². The monoisotopic (exact) mass is 300 g/mol. The Bertz CT molecular complexity index is 295. The quantitative estimate of drug-likeness (QED) is 0.463. The van der Waals surface area contributed by atoms with Crippen LogP contribution in [0.25, 0.3) is 0 Å². The van der Waals surface area contributed by atoms with Crippen LogP contribution in [0, 0.1) is 5.92 Å². The van der Waals surface area contributed by atoms with Gasteiger partial charge < -0.3 is 10.6 Å². The summed E-state index contributed by atoms with van der Waals surface area (Å²) in [4.78, 5) is 28.3. The first-order valence-corrected chi connectivity index (χ1v) is 8.32. The number of urea groups is 1. The molecule has 0 radical (unpaired) electrons. The maximum Gasteiger partial charge on any atom is 0.348 e. The fraction of sp³-hybridized carbons (Fsp3) is 0.875. The molecular weight excluding hydrogens is 268 g/mol. The molecule has 0 heterocycles. The summed E-state index contributed by atoms with van der Waals surface area (Å²) >= 11 is 0. The van der Waals surface area contributed by atoms with Gasteiger partial charge in [0.1, 0.15) is 0 Å². The second-order valence-electron chi connectivity index (χ2n) is 5.58. The third-order valence-electron chi connectivity index (χ3n) is 3.67. The van der Waals surface area contributed by atoms with Crippen LogP contribution in [0.5, 0.6) is 0 Å². The first-order valence-electron chi connectivity index (χ1n) is 8.32. The van der Waals surface area contributed by atoms with E-state index < -0.39 is 6.03 Å². The minimum absolute atomic E-state index is 0.328. The molecule has 0 aromatic rings. The maximum atomic E-state index is 11.9. The van der Waals surface area contributed by atoms with Crippen LogP contribution in [0.15, 0.2) is 0 Å². The molecule has 0 spiro atoms. The Morgan fingerprint density at radius 3 is 2.19 bits per heavy atom. The molecule has 2 N–H and O–H groups in total. The van der Waals surface area contributed by atoms with Gasteiger partial charge in [-0.25, -0.2) is 9.59 Å². The van der Waals surface area contributed by atoms with E-state index in [1.165, 1.54) is 12.8 Å². The Balaban J connectivity index is 4.17. The first kappa shape index (κ1) is 19.7. The van der Waals surface area contributed by atoms with Crippen LogP contribution in [-0.2, 0) is 9.63 Å². The first-order chi connectivity index (χ1) is 10.0. The second kappa shape index (κ2) is 12.5. The van der Waals surface area contributed by atoms with Gasteiger partial charge in [0.05, 0.1) is 13.0 Å². The zero-order valence-electron chi connectivity index (χ0n) is 13.9. The smallest absolute Gasteiger partial charge is 0.348 e. The minimum atomic E-state index is -0.696. The van der Waals surface area contributed by atoms with E-state index in [2.05, 4.69) is 20.8 Å². The Morgan fingerprint density at radius 2 is 1.67 bits per heavy atom. The van der Waals surface area contributed by atoms with Crippen molar-refractivity contribution in [1.82, 2.24) is 5.06 Å². The van der Waals surface area contributed by atoms with Crippen LogP contribution < -0.4 is 5.73 Å². The number of carbonyl (C=O) groups excluding carboxylic acids is 2. The van der Waals surface area contributed by atoms with Gasteiger partial charge in [-0.3, -0.25) is 0 Å². The molecule has 0 aliphatic heterocycles. The van der Waals surface area contributed by atoms with Crippen molar-refractivity contribution in [2.75, 3.05) is 6.54 Å². The average Bonchev–Trinajstić information content (AvgIpc) is 2.45. The van der Waals surface area contributed by atoms with E-state index in [4.69, 9.17) is 10.6 Å². The molecule has 0 aromatic heterocycles. The molecule has 5 nitrogen and oxygen atoms in total. The summed E-state index contributed by atoms with van der Waals surface area (Å²) in [5.74, 6) is -0.0249. The van der Waals surface area contributed by atoms with E-state index in [-0.39, 0.29) is 5.97 Å². The highest BCUT2D eigenvalue weighted by Crippen LogP contribution is 2.18. The molecule has 0 rings (SSSR count). The highest BCUT2D eigenvalue weighted by Gasteiger charge is 2.18. The number of unbranched alkanes of at least 4 members (excludes halogenated alkanes) is 4. The van der Waals surface area contributed by atoms with Crippen molar-refractivity contribution < 1.29 is 14.4 Å². The van der Waals surface area contributed by atoms with Gasteiger partial charge in [0, 0.05) is 0 Å². The highest BCUT2D eigenvalue weighted by atomic mass is 16.7. The molecule has 124 valence electrons. The number of nitrogens with zero attached hydrogens (tertiary/aromatic N) is 1. The van der Waals surface area contributed by atoms with Gasteiger partial charge in [0.2, 0.25) is 0 Å². The predicted molar refractivity (Wildman–Crippen MR) is 84.4 cm³/mol. The topological polar surface area (TPSA) is 72.6 Å². The summed E-state index contributed by atoms with van der Waals surface area (Å²) in [6.07, 6.45) is 8.66. The van der Waals surface area contributed by atoms with E-state index in [1.54, 1.807) is 0 Å². The number of nitrogens with two attached hydrogens (primary N) is 1. The summed E-state index contributed by atoms with van der Waals surface area (Å²) in [6.45, 7) is 6.69. The van der Waals surface area contributed by atoms with Crippen LogP contribution in [0.1, 0.15) is 78.6 Å². The molecule has 0 saturated heterocycles. The molecule has 0 fully saturated rings. The largest absolute Gasteiger partial charge is 0.349 e. The molecular formula is C16H32N2O3. The van der Waals surface area contributed by atoms with Crippen molar-refractivity contribution in [3.63, 3.8) is 0 Å². The van der Waals surface area contributed by atoms with E-state index in [1.807, 2.05) is 0 Å². The van der Waals surface area contributed by atoms with Crippen molar-refractivity contribution in [1.29, 1.82) is 0 Å². The van der Waals surface area contributed by atoms with E-state index >= 15 is 0 Å². The van der Waals surface area contributed by atoms with Gasteiger partial charge in [0.15, 0.2) is 0 Å². The number of hydrogen-bond donors (Lipinski definition) is 1. The predicted octanol–water partition coefficient (Wildman–Crippen LogP) is 4.01. The molecule has 0 aromatic carbocycles. The number of hydrogen-bond acceptors (Lipinski definition) is 3. The molecule has 0 aliphatic carbocycles. The van der Waals surface area contributed by atoms with Crippen molar-refractivity contribution in [2.24, 2.45) is 11.7 Å². The van der Waals surface area contributed by atoms with Crippen molar-refractivity contribution in [3.8, 4) is 0 Å². The molecule has 21 heavy (non-hydrogen) atoms. The average molecular weight is 300 g/mol. The Morgan fingerprint density at radius 1 is 1.05 bits per heavy atom. The highest BCUT2D eigenvalue weighted by molar-refractivity contribution is 5.75. The molecule has 2 amide bonds. The molecule has 1 unspecified atom stereocenters. The van der Waals surface area contributed by atoms with Crippen molar-refractivity contribution in [3.05, 3.63) is 0 Å². The molecule has 5 heteroatoms. The van der Waals surface area contributed by atoms with Gasteiger partial charge in [-0.05, 0) is 18.8 Å². The van der Waals surface area contributed by atoms with Gasteiger partial charge in [-0.2, -0.15) is 5.06 Å². The lowest BCUT2D eigenvalue weighted by molar-refractivity contribution is -0.177. The summed E-state index contributed by atoms with van der Waals surface area (Å²) in [5.41, 5.74) is 5.24. The summed E-state index contributed by atoms with van der Waals surface area (Å²) in [6, 6.07) is -0.696. The normalized spacial score (nSPS) is 12.0.